The molecule has 0 amide bonds. The first-order valence-corrected chi connectivity index (χ1v) is 7.83. The lowest BCUT2D eigenvalue weighted by Crippen LogP contribution is -2.51. The summed E-state index contributed by atoms with van der Waals surface area (Å²) in [6.07, 6.45) is 2.42. The van der Waals surface area contributed by atoms with E-state index >= 15 is 0 Å². The molecule has 2 atom stereocenters. The number of nitrogens with zero attached hydrogens (tertiary/aromatic N) is 2. The van der Waals surface area contributed by atoms with E-state index in [0.717, 1.165) is 26.2 Å². The Hall–Kier alpha value is -0.760. The van der Waals surface area contributed by atoms with E-state index < -0.39 is 12.2 Å². The number of aliphatic hydroxyl groups excluding tert-OH is 2. The molecule has 0 saturated carbocycles. The highest BCUT2D eigenvalue weighted by molar-refractivity contribution is 4.76. The minimum Gasteiger partial charge on any atom is -0.389 e. The molecule has 0 aromatic rings. The Kier molecular flexibility index (Phi) is 10.3. The van der Waals surface area contributed by atoms with Crippen molar-refractivity contribution in [2.75, 3.05) is 65.7 Å². The Morgan fingerprint density at radius 3 is 1.50 bits per heavy atom. The number of rotatable bonds is 12. The van der Waals surface area contributed by atoms with Gasteiger partial charge in [0, 0.05) is 39.3 Å². The lowest BCUT2D eigenvalue weighted by molar-refractivity contribution is -0.00230. The number of piperazine rings is 1. The molecule has 22 heavy (non-hydrogen) atoms. The molecule has 1 heterocycles. The highest BCUT2D eigenvalue weighted by atomic mass is 16.5. The van der Waals surface area contributed by atoms with Gasteiger partial charge in [-0.05, 0) is 0 Å². The average molecular weight is 314 g/mol. The second kappa shape index (κ2) is 11.8. The summed E-state index contributed by atoms with van der Waals surface area (Å²) >= 11 is 0. The van der Waals surface area contributed by atoms with E-state index in [9.17, 15) is 10.2 Å². The van der Waals surface area contributed by atoms with Gasteiger partial charge in [0.15, 0.2) is 0 Å². The van der Waals surface area contributed by atoms with Gasteiger partial charge in [0.05, 0.1) is 38.6 Å². The smallest absolute Gasteiger partial charge is 0.0900 e. The third kappa shape index (κ3) is 8.63. The van der Waals surface area contributed by atoms with E-state index in [-0.39, 0.29) is 0 Å². The maximum atomic E-state index is 9.88. The van der Waals surface area contributed by atoms with Crippen molar-refractivity contribution in [1.82, 2.24) is 9.80 Å². The first-order chi connectivity index (χ1) is 10.7. The molecule has 0 aliphatic carbocycles. The van der Waals surface area contributed by atoms with Gasteiger partial charge in [-0.25, -0.2) is 0 Å². The average Bonchev–Trinajstić information content (AvgIpc) is 2.50. The van der Waals surface area contributed by atoms with Crippen LogP contribution >= 0.6 is 0 Å². The SMILES string of the molecule is C=CCOC[C@@H](O)CN1CCN(C[C@@H](O)COCC=C)CC1. The summed E-state index contributed by atoms with van der Waals surface area (Å²) in [7, 11) is 0. The van der Waals surface area contributed by atoms with E-state index in [0.29, 0.717) is 39.5 Å². The molecule has 6 nitrogen and oxygen atoms in total. The van der Waals surface area contributed by atoms with E-state index in [1.165, 1.54) is 0 Å². The molecule has 0 aromatic carbocycles. The summed E-state index contributed by atoms with van der Waals surface area (Å²) in [4.78, 5) is 4.44. The summed E-state index contributed by atoms with van der Waals surface area (Å²) in [5, 5.41) is 19.8. The fraction of sp³-hybridized carbons (Fsp3) is 0.750. The normalized spacial score (nSPS) is 19.7. The van der Waals surface area contributed by atoms with Crippen LogP contribution in [0.4, 0.5) is 0 Å². The quantitative estimate of drug-likeness (QED) is 0.382. The molecule has 0 aromatic heterocycles. The van der Waals surface area contributed by atoms with Crippen LogP contribution in [0.5, 0.6) is 0 Å². The van der Waals surface area contributed by atoms with E-state index in [2.05, 4.69) is 23.0 Å². The number of hydrogen-bond donors (Lipinski definition) is 2. The molecule has 1 saturated heterocycles. The minimum absolute atomic E-state index is 0.339. The zero-order chi connectivity index (χ0) is 16.2. The Balaban J connectivity index is 2.12. The van der Waals surface area contributed by atoms with Gasteiger partial charge in [-0.2, -0.15) is 0 Å². The number of hydrogen-bond acceptors (Lipinski definition) is 6. The van der Waals surface area contributed by atoms with Crippen molar-refractivity contribution >= 4 is 0 Å². The van der Waals surface area contributed by atoms with Crippen molar-refractivity contribution in [2.24, 2.45) is 0 Å². The van der Waals surface area contributed by atoms with Crippen LogP contribution in [0.15, 0.2) is 25.3 Å². The van der Waals surface area contributed by atoms with E-state index in [1.807, 2.05) is 0 Å². The van der Waals surface area contributed by atoms with Crippen LogP contribution in [0.3, 0.4) is 0 Å². The molecule has 1 fully saturated rings. The fourth-order valence-corrected chi connectivity index (χ4v) is 2.43. The molecule has 0 bridgehead atoms. The van der Waals surface area contributed by atoms with Crippen LogP contribution < -0.4 is 0 Å². The van der Waals surface area contributed by atoms with Crippen molar-refractivity contribution < 1.29 is 19.7 Å². The Bertz CT molecular complexity index is 277. The van der Waals surface area contributed by atoms with Gasteiger partial charge in [0.2, 0.25) is 0 Å². The van der Waals surface area contributed by atoms with Gasteiger partial charge >= 0.3 is 0 Å². The van der Waals surface area contributed by atoms with Gasteiger partial charge in [0.25, 0.3) is 0 Å². The summed E-state index contributed by atoms with van der Waals surface area (Å²) in [6, 6.07) is 0. The second-order valence-electron chi connectivity index (χ2n) is 5.56. The molecule has 1 rings (SSSR count). The van der Waals surface area contributed by atoms with Gasteiger partial charge < -0.3 is 19.7 Å². The van der Waals surface area contributed by atoms with Crippen molar-refractivity contribution in [3.05, 3.63) is 25.3 Å². The molecule has 1 aliphatic heterocycles. The summed E-state index contributed by atoms with van der Waals surface area (Å²) in [6.45, 7) is 13.6. The summed E-state index contributed by atoms with van der Waals surface area (Å²) in [5.74, 6) is 0. The van der Waals surface area contributed by atoms with Crippen molar-refractivity contribution in [3.8, 4) is 0 Å². The zero-order valence-corrected chi connectivity index (χ0v) is 13.4. The lowest BCUT2D eigenvalue weighted by atomic mass is 10.2. The van der Waals surface area contributed by atoms with Gasteiger partial charge in [-0.15, -0.1) is 13.2 Å². The van der Waals surface area contributed by atoms with Crippen molar-refractivity contribution in [1.29, 1.82) is 0 Å². The van der Waals surface area contributed by atoms with E-state index in [1.54, 1.807) is 12.2 Å². The third-order valence-electron chi connectivity index (χ3n) is 3.49. The van der Waals surface area contributed by atoms with Crippen LogP contribution in [0.25, 0.3) is 0 Å². The molecule has 1 aliphatic rings. The van der Waals surface area contributed by atoms with E-state index in [4.69, 9.17) is 9.47 Å². The summed E-state index contributed by atoms with van der Waals surface area (Å²) < 4.78 is 10.5. The monoisotopic (exact) mass is 314 g/mol. The largest absolute Gasteiger partial charge is 0.389 e. The molecule has 128 valence electrons. The molecule has 6 heteroatoms. The lowest BCUT2D eigenvalue weighted by Gasteiger charge is -2.36. The molecular weight excluding hydrogens is 284 g/mol. The highest BCUT2D eigenvalue weighted by Crippen LogP contribution is 2.04. The number of β-amino-alcohol motifs (C(OH)–C–C–N with tert-alkyl or cyclic N) is 2. The zero-order valence-electron chi connectivity index (χ0n) is 13.4. The molecule has 2 N–H and O–H groups in total. The van der Waals surface area contributed by atoms with Crippen molar-refractivity contribution in [3.63, 3.8) is 0 Å². The molecular formula is C16H30N2O4. The first kappa shape index (κ1) is 19.3. The Morgan fingerprint density at radius 1 is 0.818 bits per heavy atom. The highest BCUT2D eigenvalue weighted by Gasteiger charge is 2.20. The van der Waals surface area contributed by atoms with Crippen LogP contribution in [0.1, 0.15) is 0 Å². The van der Waals surface area contributed by atoms with Gasteiger partial charge in [-0.3, -0.25) is 9.80 Å². The Morgan fingerprint density at radius 2 is 1.18 bits per heavy atom. The van der Waals surface area contributed by atoms with Crippen LogP contribution in [0, 0.1) is 0 Å². The maximum Gasteiger partial charge on any atom is 0.0900 e. The first-order valence-electron chi connectivity index (χ1n) is 7.83. The maximum absolute atomic E-state index is 9.88. The van der Waals surface area contributed by atoms with Crippen LogP contribution in [-0.4, -0.2) is 97.9 Å². The predicted octanol–water partition coefficient (Wildman–Crippen LogP) is -0.269. The van der Waals surface area contributed by atoms with Gasteiger partial charge in [-0.1, -0.05) is 12.2 Å². The molecule has 0 radical (unpaired) electrons. The van der Waals surface area contributed by atoms with Crippen LogP contribution in [0.2, 0.25) is 0 Å². The Labute approximate surface area is 133 Å². The van der Waals surface area contributed by atoms with Crippen molar-refractivity contribution in [2.45, 2.75) is 12.2 Å². The third-order valence-corrected chi connectivity index (χ3v) is 3.49. The fourth-order valence-electron chi connectivity index (χ4n) is 2.43. The molecule has 0 unspecified atom stereocenters. The summed E-state index contributed by atoms with van der Waals surface area (Å²) in [5.41, 5.74) is 0. The number of aliphatic hydroxyl groups is 2. The predicted molar refractivity (Wildman–Crippen MR) is 86.9 cm³/mol. The topological polar surface area (TPSA) is 65.4 Å². The standard InChI is InChI=1S/C16H30N2O4/c1-3-9-21-13-15(19)11-17-5-7-18(8-6-17)12-16(20)14-22-10-4-2/h3-4,15-16,19-20H,1-2,5-14H2/t15-,16+. The van der Waals surface area contributed by atoms with Gasteiger partial charge in [0.1, 0.15) is 0 Å². The molecule has 0 spiro atoms. The second-order valence-corrected chi connectivity index (χ2v) is 5.56. The van der Waals surface area contributed by atoms with Crippen LogP contribution in [-0.2, 0) is 9.47 Å². The minimum atomic E-state index is -0.468. The number of ether oxygens (including phenoxy) is 2.